The molecule has 0 radical (unpaired) electrons. The third-order valence-electron chi connectivity index (χ3n) is 12.9. The van der Waals surface area contributed by atoms with Gasteiger partial charge in [-0.25, -0.2) is 35.8 Å². The Kier molecular flexibility index (Phi) is 37.9. The minimum atomic E-state index is -2.92. The topological polar surface area (TPSA) is 282 Å². The summed E-state index contributed by atoms with van der Waals surface area (Å²) in [5.41, 5.74) is 4.47. The molecule has 20 nitrogen and oxygen atoms in total. The summed E-state index contributed by atoms with van der Waals surface area (Å²) in [4.78, 5) is 70.6. The lowest BCUT2D eigenvalue weighted by Gasteiger charge is -2.44. The second kappa shape index (κ2) is 46.9. The first-order valence-corrected chi connectivity index (χ1v) is 33.1. The number of carbonyl (C=O) groups is 3. The maximum atomic E-state index is 12.7. The van der Waals surface area contributed by atoms with Gasteiger partial charge in [0.15, 0.2) is 21.7 Å². The number of oxazole rings is 2. The van der Waals surface area contributed by atoms with Crippen LogP contribution in [0.25, 0.3) is 0 Å². The van der Waals surface area contributed by atoms with Gasteiger partial charge in [0.2, 0.25) is 0 Å². The highest BCUT2D eigenvalue weighted by Crippen LogP contribution is 2.49. The van der Waals surface area contributed by atoms with Crippen LogP contribution >= 0.6 is 58.6 Å². The molecule has 526 valence electrons. The Morgan fingerprint density at radius 2 is 0.914 bits per heavy atom. The molecule has 6 aromatic rings. The summed E-state index contributed by atoms with van der Waals surface area (Å²) in [6.07, 6.45) is 11.1. The number of ether oxygens (including phenoxy) is 2. The molecule has 0 bridgehead atoms. The lowest BCUT2D eigenvalue weighted by Crippen LogP contribution is -2.50. The number of hydrogen-bond acceptors (Lipinski definition) is 21. The van der Waals surface area contributed by atoms with Crippen molar-refractivity contribution in [2.45, 2.75) is 70.3 Å². The highest BCUT2D eigenvalue weighted by Gasteiger charge is 2.51. The van der Waals surface area contributed by atoms with Gasteiger partial charge in [0, 0.05) is 123 Å². The van der Waals surface area contributed by atoms with Crippen LogP contribution in [0.15, 0.2) is 103 Å². The molecule has 5 aromatic heterocycles. The largest absolute Gasteiger partial charge is 0.443 e. The second-order valence-corrected chi connectivity index (χ2v) is 23.6. The fourth-order valence-electron chi connectivity index (χ4n) is 8.50. The Morgan fingerprint density at radius 3 is 1.26 bits per heavy atom. The highest BCUT2D eigenvalue weighted by molar-refractivity contribution is 8.14. The molecule has 105 heavy (non-hydrogen) atoms. The van der Waals surface area contributed by atoms with Crippen LogP contribution in [0, 0.1) is 190 Å². The average molecular weight is 1500 g/mol. The van der Waals surface area contributed by atoms with E-state index in [4.69, 9.17) is 33.0 Å². The Labute approximate surface area is 627 Å². The van der Waals surface area contributed by atoms with E-state index in [1.807, 2.05) is 38.1 Å². The molecule has 4 aliphatic rings. The number of amidine groups is 2. The molecule has 3 amide bonds. The molecule has 9 heterocycles. The molecule has 1 aromatic carbocycles. The number of carbonyl (C=O) groups excluding carboxylic acids is 3. The number of terminal acetylenes is 2. The van der Waals surface area contributed by atoms with Gasteiger partial charge in [-0.1, -0.05) is 55.2 Å². The number of halogens is 5. The summed E-state index contributed by atoms with van der Waals surface area (Å²) in [5.74, 6) is 71.6. The normalized spacial score (nSPS) is 17.1. The summed E-state index contributed by atoms with van der Waals surface area (Å²) in [6.45, 7) is 4.66. The van der Waals surface area contributed by atoms with Crippen molar-refractivity contribution in [3.05, 3.63) is 123 Å². The molecule has 10 rings (SSSR count). The van der Waals surface area contributed by atoms with E-state index in [0.717, 1.165) is 31.1 Å². The number of pyridine rings is 1. The first-order chi connectivity index (χ1) is 50.0. The number of hydrogen-bond donors (Lipinski definition) is 5. The van der Waals surface area contributed by atoms with E-state index in [0.29, 0.717) is 38.3 Å². The van der Waals surface area contributed by atoms with Crippen LogP contribution in [-0.4, -0.2) is 97.0 Å². The number of nitrogens with one attached hydrogen (secondary N) is 3. The minimum Gasteiger partial charge on any atom is -0.443 e. The predicted octanol–water partition coefficient (Wildman–Crippen LogP) is 9.42. The number of benzene rings is 1. The number of nitrogens with two attached hydrogens (primary N) is 2. The average Bonchev–Trinajstić information content (AvgIpc) is 1.74. The molecular weight excluding hydrogens is 1450 g/mol. The fraction of sp³-hybridized carbons (Fsp3) is 0.237. The van der Waals surface area contributed by atoms with Crippen LogP contribution in [-0.2, 0) is 25.4 Å². The quantitative estimate of drug-likeness (QED) is 0.0512. The molecule has 2 fully saturated rings. The molecule has 0 spiro atoms. The number of rotatable bonds is 9. The zero-order valence-electron chi connectivity index (χ0n) is 54.5. The van der Waals surface area contributed by atoms with Crippen LogP contribution in [0.2, 0.25) is 0 Å². The van der Waals surface area contributed by atoms with E-state index >= 15 is 0 Å². The standard InChI is InChI=1S/C30H2.C23H21F2N5O4S2.C16H17F2N5O3S2.C5H5N.CH5NO.CH4.ClH/c1-3-5-7-9-11-13-15-17-19-21-23-25-27-29-30-28-26-24-22-20-18-16-14-12-10-8-6-4-2;1-12-7-14-9-36-22(29-18(31)13-5-3-2-4-6-13)30-23(14,11-34-12)21-28-16(10-35-21)27-19(32)15-8-33-20(26-15)17(24)25;1-7-2-8-4-28-15(19)23-16(8,6-26-7)14-22-10(5-27-14)21-12(24)9-3-25-13(20-9)11(17)18;1-2-4-6-5-3-1;1-3-2;;/h1-2H;2-6,8,10,12,14,17H,7,9,11H2,1H3,(H,27,32)(H,29,30,31);3,5,7-8,11H,2,4,6H2,1H3,(H2,19,23)(H,21,24);1-5H;2H2,1H3;1H4;1H/t;12-,14-,23-;7-,8-,16-;;;;/m.00..../s1. The van der Waals surface area contributed by atoms with Gasteiger partial charge in [0.05, 0.1) is 32.5 Å². The van der Waals surface area contributed by atoms with E-state index < -0.39 is 47.5 Å². The van der Waals surface area contributed by atoms with E-state index in [1.54, 1.807) is 47.4 Å². The van der Waals surface area contributed by atoms with Gasteiger partial charge in [-0.2, -0.15) is 17.6 Å². The molecule has 2 saturated heterocycles. The molecule has 0 aliphatic carbocycles. The van der Waals surface area contributed by atoms with Gasteiger partial charge in [-0.15, -0.1) is 47.9 Å². The number of alkyl halides is 4. The summed E-state index contributed by atoms with van der Waals surface area (Å²) in [6, 6.07) is 14.6. The van der Waals surface area contributed by atoms with Crippen LogP contribution in [0.5, 0.6) is 0 Å². The Balaban J connectivity index is 0.000000313. The highest BCUT2D eigenvalue weighted by atomic mass is 35.5. The van der Waals surface area contributed by atoms with E-state index in [2.05, 4.69) is 231 Å². The van der Waals surface area contributed by atoms with Gasteiger partial charge in [0.1, 0.15) is 45.3 Å². The van der Waals surface area contributed by atoms with Crippen molar-refractivity contribution in [2.24, 2.45) is 33.5 Å². The van der Waals surface area contributed by atoms with Crippen molar-refractivity contribution in [1.82, 2.24) is 30.2 Å². The van der Waals surface area contributed by atoms with Crippen LogP contribution < -0.4 is 27.6 Å². The molecule has 6 atom stereocenters. The van der Waals surface area contributed by atoms with Crippen molar-refractivity contribution in [2.75, 3.05) is 42.5 Å². The third-order valence-corrected chi connectivity index (χ3v) is 16.9. The van der Waals surface area contributed by atoms with Crippen molar-refractivity contribution in [3.8, 4) is 179 Å². The Hall–Kier alpha value is -12.5. The molecule has 7 N–H and O–H groups in total. The van der Waals surface area contributed by atoms with Gasteiger partial charge in [0.25, 0.3) is 29.5 Å². The van der Waals surface area contributed by atoms with Gasteiger partial charge in [-0.3, -0.25) is 19.4 Å². The van der Waals surface area contributed by atoms with Crippen molar-refractivity contribution in [1.29, 1.82) is 0 Å². The zero-order chi connectivity index (χ0) is 73.9. The number of anilines is 2. The van der Waals surface area contributed by atoms with Crippen molar-refractivity contribution >= 4 is 98.3 Å². The molecule has 4 aliphatic heterocycles. The number of thioether (sulfide) groups is 2. The van der Waals surface area contributed by atoms with Gasteiger partial charge in [-0.05, 0) is 146 Å². The maximum Gasteiger partial charge on any atom is 0.313 e. The van der Waals surface area contributed by atoms with E-state index in [-0.39, 0.29) is 79.4 Å². The summed E-state index contributed by atoms with van der Waals surface area (Å²) < 4.78 is 71.6. The smallest absolute Gasteiger partial charge is 0.313 e. The SMILES string of the molecule is C.C#CC#CC#CC#CC#CC#CC#CC#CC#CC#CC#CC#CC#CC#CC#C.CON.C[C@H]1C[C@H]2CSC(N)=N[C@@]2(c2nc(NC(=O)c3coc(C(F)F)n3)cs2)CO1.C[C@H]1C[C@H]2CSC(NC(=O)c3ccccc3)=N[C@@]2(c2nc(NC(=O)c3coc(C(F)F)n3)cs2)CO1.Cl.c1ccncc1. The maximum absolute atomic E-state index is 12.7. The fourth-order valence-corrected chi connectivity index (χ4v) is 12.6. The summed E-state index contributed by atoms with van der Waals surface area (Å²) >= 11 is 5.63. The van der Waals surface area contributed by atoms with Gasteiger partial charge >= 0.3 is 12.9 Å². The molecule has 0 saturated carbocycles. The van der Waals surface area contributed by atoms with Gasteiger partial charge < -0.3 is 44.8 Å². The Bertz CT molecular complexity index is 4940. The van der Waals surface area contributed by atoms with Crippen molar-refractivity contribution < 1.29 is 55.1 Å². The van der Waals surface area contributed by atoms with Crippen LogP contribution in [0.4, 0.5) is 29.2 Å². The number of nitrogens with zero attached hydrogens (tertiary/aromatic N) is 7. The number of aliphatic imine (C=N–C) groups is 2. The number of fused-ring (bicyclic) bond motifs is 2. The minimum absolute atomic E-state index is 0. The number of amides is 3. The predicted molar refractivity (Wildman–Crippen MR) is 400 cm³/mol. The monoisotopic (exact) mass is 1500 g/mol. The van der Waals surface area contributed by atoms with Crippen molar-refractivity contribution in [3.63, 3.8) is 0 Å². The van der Waals surface area contributed by atoms with E-state index in [9.17, 15) is 31.9 Å². The van der Waals surface area contributed by atoms with Crippen LogP contribution in [0.3, 0.4) is 0 Å². The first kappa shape index (κ1) is 85.0. The second-order valence-electron chi connectivity index (χ2n) is 19.8. The lowest BCUT2D eigenvalue weighted by atomic mass is 9.80. The zero-order valence-corrected chi connectivity index (χ0v) is 58.6. The number of thiazole rings is 2. The number of aromatic nitrogens is 5. The Morgan fingerprint density at radius 1 is 0.552 bits per heavy atom. The van der Waals surface area contributed by atoms with E-state index in [1.165, 1.54) is 53.3 Å². The lowest BCUT2D eigenvalue weighted by molar-refractivity contribution is -0.0467. The third kappa shape index (κ3) is 28.5. The molecular formula is C76H55ClF4N12O8S4. The summed E-state index contributed by atoms with van der Waals surface area (Å²) in [7, 11) is 1.40. The summed E-state index contributed by atoms with van der Waals surface area (Å²) in [5, 5.41) is 13.6. The molecule has 0 unspecified atom stereocenters. The molecule has 29 heteroatoms. The first-order valence-electron chi connectivity index (χ1n) is 29.4. The van der Waals surface area contributed by atoms with Crippen LogP contribution in [0.1, 0.15) is 100 Å².